The predicted molar refractivity (Wildman–Crippen MR) is 81.4 cm³/mol. The minimum absolute atomic E-state index is 0.0310. The number of aryl methyl sites for hydroxylation is 1. The molecular weight excluding hydrogens is 274 g/mol. The van der Waals surface area contributed by atoms with E-state index < -0.39 is 9.84 Å². The molecule has 1 amide bonds. The molecule has 0 saturated heterocycles. The normalized spacial score (nSPS) is 12.9. The van der Waals surface area contributed by atoms with Crippen LogP contribution in [0.5, 0.6) is 0 Å². The second-order valence-electron chi connectivity index (χ2n) is 5.24. The summed E-state index contributed by atoms with van der Waals surface area (Å²) in [6.07, 6.45) is 2.76. The molecule has 0 radical (unpaired) electrons. The zero-order valence-corrected chi connectivity index (χ0v) is 13.2. The number of amides is 1. The molecule has 0 aliphatic heterocycles. The van der Waals surface area contributed by atoms with Crippen LogP contribution in [0, 0.1) is 6.92 Å². The first kappa shape index (κ1) is 16.7. The number of sulfone groups is 1. The van der Waals surface area contributed by atoms with Gasteiger partial charge in [-0.2, -0.15) is 0 Å². The van der Waals surface area contributed by atoms with Crippen molar-refractivity contribution < 1.29 is 13.2 Å². The SMILES string of the molecule is CC[C@@H](Cc1ccc(C)cc1)NC(=O)CCS(C)(=O)=O. The molecule has 112 valence electrons. The van der Waals surface area contributed by atoms with Crippen molar-refractivity contribution in [3.63, 3.8) is 0 Å². The summed E-state index contributed by atoms with van der Waals surface area (Å²) in [5.41, 5.74) is 2.38. The molecule has 1 N–H and O–H groups in total. The average Bonchev–Trinajstić information content (AvgIpc) is 2.37. The van der Waals surface area contributed by atoms with E-state index in [1.807, 2.05) is 26.0 Å². The maximum absolute atomic E-state index is 11.7. The molecule has 1 aromatic carbocycles. The van der Waals surface area contributed by atoms with Gasteiger partial charge < -0.3 is 5.32 Å². The monoisotopic (exact) mass is 297 g/mol. The van der Waals surface area contributed by atoms with Crippen LogP contribution in [-0.4, -0.2) is 32.4 Å². The van der Waals surface area contributed by atoms with Crippen LogP contribution in [0.25, 0.3) is 0 Å². The van der Waals surface area contributed by atoms with E-state index in [4.69, 9.17) is 0 Å². The largest absolute Gasteiger partial charge is 0.353 e. The molecule has 0 aliphatic carbocycles. The molecule has 0 heterocycles. The van der Waals surface area contributed by atoms with Crippen molar-refractivity contribution >= 4 is 15.7 Å². The molecule has 1 rings (SSSR count). The fourth-order valence-corrected chi connectivity index (χ4v) is 2.44. The highest BCUT2D eigenvalue weighted by Gasteiger charge is 2.13. The van der Waals surface area contributed by atoms with Gasteiger partial charge in [-0.25, -0.2) is 8.42 Å². The predicted octanol–water partition coefficient (Wildman–Crippen LogP) is 1.87. The van der Waals surface area contributed by atoms with Crippen LogP contribution in [0.15, 0.2) is 24.3 Å². The topological polar surface area (TPSA) is 63.2 Å². The Balaban J connectivity index is 2.50. The van der Waals surface area contributed by atoms with Crippen LogP contribution in [0.4, 0.5) is 0 Å². The van der Waals surface area contributed by atoms with E-state index in [1.54, 1.807) is 0 Å². The molecule has 0 fully saturated rings. The molecule has 1 aromatic rings. The summed E-state index contributed by atoms with van der Waals surface area (Å²) in [5, 5.41) is 2.90. The fourth-order valence-electron chi connectivity index (χ4n) is 1.88. The molecule has 0 spiro atoms. The molecule has 1 atom stereocenters. The second-order valence-corrected chi connectivity index (χ2v) is 7.50. The lowest BCUT2D eigenvalue weighted by Gasteiger charge is -2.17. The Kier molecular flexibility index (Phi) is 6.20. The Hall–Kier alpha value is -1.36. The van der Waals surface area contributed by atoms with Gasteiger partial charge in [0, 0.05) is 18.7 Å². The Labute approximate surface area is 121 Å². The summed E-state index contributed by atoms with van der Waals surface area (Å²) in [6, 6.07) is 8.26. The molecule has 0 unspecified atom stereocenters. The van der Waals surface area contributed by atoms with Gasteiger partial charge in [0.15, 0.2) is 0 Å². The zero-order chi connectivity index (χ0) is 15.2. The van der Waals surface area contributed by atoms with Crippen LogP contribution in [0.3, 0.4) is 0 Å². The van der Waals surface area contributed by atoms with Crippen LogP contribution < -0.4 is 5.32 Å². The molecule has 20 heavy (non-hydrogen) atoms. The maximum Gasteiger partial charge on any atom is 0.221 e. The Bertz CT molecular complexity index is 535. The summed E-state index contributed by atoms with van der Waals surface area (Å²) < 4.78 is 22.1. The number of benzene rings is 1. The molecule has 0 aromatic heterocycles. The Morgan fingerprint density at radius 1 is 1.25 bits per heavy atom. The summed E-state index contributed by atoms with van der Waals surface area (Å²) in [4.78, 5) is 11.7. The third-order valence-electron chi connectivity index (χ3n) is 3.16. The minimum Gasteiger partial charge on any atom is -0.353 e. The molecule has 5 heteroatoms. The number of carbonyl (C=O) groups excluding carboxylic acids is 1. The third-order valence-corrected chi connectivity index (χ3v) is 4.11. The van der Waals surface area contributed by atoms with Gasteiger partial charge in [0.25, 0.3) is 0 Å². The van der Waals surface area contributed by atoms with Crippen molar-refractivity contribution in [2.24, 2.45) is 0 Å². The van der Waals surface area contributed by atoms with Crippen LogP contribution in [-0.2, 0) is 21.1 Å². The van der Waals surface area contributed by atoms with Gasteiger partial charge in [-0.1, -0.05) is 36.8 Å². The lowest BCUT2D eigenvalue weighted by Crippen LogP contribution is -2.36. The number of hydrogen-bond acceptors (Lipinski definition) is 3. The standard InChI is InChI=1S/C15H23NO3S/c1-4-14(11-13-7-5-12(2)6-8-13)16-15(17)9-10-20(3,18)19/h5-8,14H,4,9-11H2,1-3H3,(H,16,17)/t14-/m0/s1. The summed E-state index contributed by atoms with van der Waals surface area (Å²) in [6.45, 7) is 4.05. The van der Waals surface area contributed by atoms with E-state index in [-0.39, 0.29) is 24.1 Å². The van der Waals surface area contributed by atoms with Gasteiger partial charge in [0.1, 0.15) is 9.84 Å². The van der Waals surface area contributed by atoms with Gasteiger partial charge in [0.05, 0.1) is 5.75 Å². The third kappa shape index (κ3) is 6.70. The maximum atomic E-state index is 11.7. The van der Waals surface area contributed by atoms with Gasteiger partial charge in [-0.15, -0.1) is 0 Å². The summed E-state index contributed by atoms with van der Waals surface area (Å²) in [7, 11) is -3.09. The number of carbonyl (C=O) groups is 1. The lowest BCUT2D eigenvalue weighted by atomic mass is 10.0. The summed E-state index contributed by atoms with van der Waals surface area (Å²) in [5.74, 6) is -0.297. The van der Waals surface area contributed by atoms with Crippen molar-refractivity contribution in [1.29, 1.82) is 0 Å². The van der Waals surface area contributed by atoms with Gasteiger partial charge in [0.2, 0.25) is 5.91 Å². The van der Waals surface area contributed by atoms with E-state index in [9.17, 15) is 13.2 Å². The highest BCUT2D eigenvalue weighted by Crippen LogP contribution is 2.08. The zero-order valence-electron chi connectivity index (χ0n) is 12.3. The van der Waals surface area contributed by atoms with Crippen LogP contribution >= 0.6 is 0 Å². The first-order chi connectivity index (χ1) is 9.30. The first-order valence-electron chi connectivity index (χ1n) is 6.83. The molecule has 0 bridgehead atoms. The number of rotatable bonds is 7. The fraction of sp³-hybridized carbons (Fsp3) is 0.533. The quantitative estimate of drug-likeness (QED) is 0.835. The second kappa shape index (κ2) is 7.43. The Morgan fingerprint density at radius 3 is 2.35 bits per heavy atom. The number of nitrogens with one attached hydrogen (secondary N) is 1. The van der Waals surface area contributed by atoms with Gasteiger partial charge in [-0.3, -0.25) is 4.79 Å². The molecule has 4 nitrogen and oxygen atoms in total. The van der Waals surface area contributed by atoms with Crippen LogP contribution in [0.1, 0.15) is 30.9 Å². The van der Waals surface area contributed by atoms with E-state index >= 15 is 0 Å². The molecule has 0 aliphatic rings. The van der Waals surface area contributed by atoms with Crippen molar-refractivity contribution in [3.05, 3.63) is 35.4 Å². The number of hydrogen-bond donors (Lipinski definition) is 1. The Morgan fingerprint density at radius 2 is 1.85 bits per heavy atom. The lowest BCUT2D eigenvalue weighted by molar-refractivity contribution is -0.121. The first-order valence-corrected chi connectivity index (χ1v) is 8.89. The average molecular weight is 297 g/mol. The molecular formula is C15H23NO3S. The van der Waals surface area contributed by atoms with Crippen molar-refractivity contribution in [2.45, 2.75) is 39.2 Å². The van der Waals surface area contributed by atoms with Crippen molar-refractivity contribution in [1.82, 2.24) is 5.32 Å². The summed E-state index contributed by atoms with van der Waals surface area (Å²) >= 11 is 0. The molecule has 0 saturated carbocycles. The van der Waals surface area contributed by atoms with E-state index in [0.29, 0.717) is 0 Å². The van der Waals surface area contributed by atoms with E-state index in [0.717, 1.165) is 19.1 Å². The van der Waals surface area contributed by atoms with Gasteiger partial charge in [-0.05, 0) is 25.3 Å². The highest BCUT2D eigenvalue weighted by molar-refractivity contribution is 7.90. The smallest absolute Gasteiger partial charge is 0.221 e. The minimum atomic E-state index is -3.09. The van der Waals surface area contributed by atoms with Crippen molar-refractivity contribution in [3.8, 4) is 0 Å². The van der Waals surface area contributed by atoms with E-state index in [2.05, 4.69) is 17.4 Å². The van der Waals surface area contributed by atoms with Gasteiger partial charge >= 0.3 is 0 Å². The van der Waals surface area contributed by atoms with Crippen LogP contribution in [0.2, 0.25) is 0 Å². The van der Waals surface area contributed by atoms with E-state index in [1.165, 1.54) is 11.1 Å². The highest BCUT2D eigenvalue weighted by atomic mass is 32.2. The van der Waals surface area contributed by atoms with Crippen molar-refractivity contribution in [2.75, 3.05) is 12.0 Å².